The molecule has 1 unspecified atom stereocenters. The van der Waals surface area contributed by atoms with Gasteiger partial charge >= 0.3 is 0 Å². The van der Waals surface area contributed by atoms with E-state index in [1.54, 1.807) is 25.1 Å². The van der Waals surface area contributed by atoms with Crippen LogP contribution in [0.2, 0.25) is 0 Å². The number of amides is 3. The van der Waals surface area contributed by atoms with E-state index in [4.69, 9.17) is 9.47 Å². The lowest BCUT2D eigenvalue weighted by molar-refractivity contribution is -0.117. The number of ether oxygens (including phenoxy) is 2. The first kappa shape index (κ1) is 25.7. The molecule has 10 heteroatoms. The SMILES string of the molecule is CCOc1nc(C(CSC)N(C=O)C(=O)c2c(C#N)ccc(NC(C)=O)c2C)ccc1OC. The second kappa shape index (κ2) is 11.9. The van der Waals surface area contributed by atoms with Gasteiger partial charge in [0.05, 0.1) is 42.6 Å². The van der Waals surface area contributed by atoms with Gasteiger partial charge in [0, 0.05) is 18.4 Å². The van der Waals surface area contributed by atoms with E-state index in [-0.39, 0.29) is 22.9 Å². The van der Waals surface area contributed by atoms with Gasteiger partial charge in [0.1, 0.15) is 0 Å². The van der Waals surface area contributed by atoms with Crippen LogP contribution >= 0.6 is 11.8 Å². The summed E-state index contributed by atoms with van der Waals surface area (Å²) in [6, 6.07) is 7.59. The molecule has 0 fully saturated rings. The molecule has 0 spiro atoms. The van der Waals surface area contributed by atoms with Crippen LogP contribution in [0.4, 0.5) is 5.69 Å². The Morgan fingerprint density at radius 3 is 2.61 bits per heavy atom. The lowest BCUT2D eigenvalue weighted by Gasteiger charge is -2.27. The van der Waals surface area contributed by atoms with Crippen LogP contribution in [0.1, 0.15) is 47.1 Å². The molecule has 1 N–H and O–H groups in total. The summed E-state index contributed by atoms with van der Waals surface area (Å²) < 4.78 is 10.8. The van der Waals surface area contributed by atoms with E-state index in [1.807, 2.05) is 19.2 Å². The number of carbonyl (C=O) groups is 3. The van der Waals surface area contributed by atoms with Gasteiger partial charge in [-0.2, -0.15) is 17.0 Å². The molecule has 0 aliphatic heterocycles. The second-order valence-corrected chi connectivity index (χ2v) is 7.83. The van der Waals surface area contributed by atoms with Gasteiger partial charge in [-0.1, -0.05) is 0 Å². The number of rotatable bonds is 10. The molecule has 3 amide bonds. The molecule has 1 aromatic heterocycles. The minimum Gasteiger partial charge on any atom is -0.491 e. The Bertz CT molecular complexity index is 1080. The summed E-state index contributed by atoms with van der Waals surface area (Å²) in [5, 5.41) is 12.2. The van der Waals surface area contributed by atoms with Crippen LogP contribution in [0, 0.1) is 18.3 Å². The third-order valence-corrected chi connectivity index (χ3v) is 5.46. The monoisotopic (exact) mass is 470 g/mol. The minimum absolute atomic E-state index is 0.0421. The normalized spacial score (nSPS) is 11.2. The maximum absolute atomic E-state index is 13.6. The fourth-order valence-electron chi connectivity index (χ4n) is 3.29. The minimum atomic E-state index is -0.731. The predicted molar refractivity (Wildman–Crippen MR) is 126 cm³/mol. The average molecular weight is 471 g/mol. The molecule has 0 bridgehead atoms. The van der Waals surface area contributed by atoms with Gasteiger partial charge in [0.15, 0.2) is 5.75 Å². The number of benzene rings is 1. The zero-order valence-corrected chi connectivity index (χ0v) is 20.0. The summed E-state index contributed by atoms with van der Waals surface area (Å²) in [5.41, 5.74) is 1.35. The van der Waals surface area contributed by atoms with Crippen molar-refractivity contribution in [2.45, 2.75) is 26.8 Å². The number of nitriles is 1. The van der Waals surface area contributed by atoms with Crippen molar-refractivity contribution in [2.75, 3.05) is 31.0 Å². The first-order valence-corrected chi connectivity index (χ1v) is 11.5. The molecule has 0 aliphatic rings. The number of anilines is 1. The summed E-state index contributed by atoms with van der Waals surface area (Å²) in [4.78, 5) is 42.8. The molecule has 2 rings (SSSR count). The first-order valence-electron chi connectivity index (χ1n) is 10.1. The van der Waals surface area contributed by atoms with Crippen molar-refractivity contribution in [3.05, 3.63) is 46.6 Å². The molecule has 0 aliphatic carbocycles. The van der Waals surface area contributed by atoms with Gasteiger partial charge in [0.2, 0.25) is 12.3 Å². The number of nitrogens with zero attached hydrogens (tertiary/aromatic N) is 3. The number of aromatic nitrogens is 1. The Hall–Kier alpha value is -3.58. The number of pyridine rings is 1. The van der Waals surface area contributed by atoms with E-state index in [2.05, 4.69) is 10.3 Å². The topological polar surface area (TPSA) is 122 Å². The Kier molecular flexibility index (Phi) is 9.24. The quantitative estimate of drug-likeness (QED) is 0.525. The van der Waals surface area contributed by atoms with Crippen molar-refractivity contribution in [1.29, 1.82) is 5.26 Å². The van der Waals surface area contributed by atoms with Crippen LogP contribution in [0.25, 0.3) is 0 Å². The Balaban J connectivity index is 2.60. The van der Waals surface area contributed by atoms with E-state index in [0.717, 1.165) is 4.90 Å². The van der Waals surface area contributed by atoms with E-state index in [0.29, 0.717) is 41.5 Å². The zero-order chi connectivity index (χ0) is 24.5. The Morgan fingerprint density at radius 2 is 2.06 bits per heavy atom. The van der Waals surface area contributed by atoms with Gasteiger partial charge < -0.3 is 14.8 Å². The number of methoxy groups -OCH3 is 1. The first-order chi connectivity index (χ1) is 15.8. The van der Waals surface area contributed by atoms with Crippen molar-refractivity contribution in [2.24, 2.45) is 0 Å². The number of nitrogens with one attached hydrogen (secondary N) is 1. The number of thioether (sulfide) groups is 1. The smallest absolute Gasteiger partial charge is 0.262 e. The van der Waals surface area contributed by atoms with Gasteiger partial charge in [-0.05, 0) is 49.9 Å². The highest BCUT2D eigenvalue weighted by Gasteiger charge is 2.31. The van der Waals surface area contributed by atoms with Crippen LogP contribution in [0.15, 0.2) is 24.3 Å². The third kappa shape index (κ3) is 5.81. The number of carbonyl (C=O) groups excluding carboxylic acids is 3. The molecule has 9 nitrogen and oxygen atoms in total. The Labute approximate surface area is 197 Å². The van der Waals surface area contributed by atoms with E-state index < -0.39 is 11.9 Å². The fraction of sp³-hybridized carbons (Fsp3) is 0.348. The number of hydrogen-bond donors (Lipinski definition) is 1. The van der Waals surface area contributed by atoms with Crippen molar-refractivity contribution in [3.8, 4) is 17.7 Å². The lowest BCUT2D eigenvalue weighted by Crippen LogP contribution is -2.36. The third-order valence-electron chi connectivity index (χ3n) is 4.81. The van der Waals surface area contributed by atoms with E-state index in [1.165, 1.54) is 31.9 Å². The number of hydrogen-bond acceptors (Lipinski definition) is 8. The highest BCUT2D eigenvalue weighted by atomic mass is 32.2. The number of imide groups is 1. The van der Waals surface area contributed by atoms with Gasteiger partial charge in [-0.25, -0.2) is 4.98 Å². The molecule has 174 valence electrons. The van der Waals surface area contributed by atoms with Crippen LogP contribution < -0.4 is 14.8 Å². The van der Waals surface area contributed by atoms with Gasteiger partial charge in [0.25, 0.3) is 11.8 Å². The standard InChI is InChI=1S/C23H26N4O5S/c1-6-32-22-20(31-4)10-9-18(26-22)19(12-33-5)27(13-28)23(30)21-14(2)17(25-15(3)29)8-7-16(21)11-24/h7-10,13,19H,6,12H2,1-5H3,(H,25,29). The maximum atomic E-state index is 13.6. The van der Waals surface area contributed by atoms with Crippen LogP contribution in [-0.4, -0.2) is 53.8 Å². The van der Waals surface area contributed by atoms with Crippen LogP contribution in [0.3, 0.4) is 0 Å². The van der Waals surface area contributed by atoms with Gasteiger partial charge in [-0.15, -0.1) is 0 Å². The second-order valence-electron chi connectivity index (χ2n) is 6.92. The molecule has 0 saturated carbocycles. The summed E-state index contributed by atoms with van der Waals surface area (Å²) in [6.45, 7) is 5.13. The fourth-order valence-corrected chi connectivity index (χ4v) is 3.93. The van der Waals surface area contributed by atoms with Crippen molar-refractivity contribution >= 4 is 35.7 Å². The lowest BCUT2D eigenvalue weighted by atomic mass is 9.98. The highest BCUT2D eigenvalue weighted by molar-refractivity contribution is 7.98. The van der Waals surface area contributed by atoms with E-state index >= 15 is 0 Å². The Morgan fingerprint density at radius 1 is 1.33 bits per heavy atom. The molecule has 0 radical (unpaired) electrons. The zero-order valence-electron chi connectivity index (χ0n) is 19.2. The van der Waals surface area contributed by atoms with Crippen molar-refractivity contribution in [3.63, 3.8) is 0 Å². The summed E-state index contributed by atoms with van der Waals surface area (Å²) in [6.07, 6.45) is 2.28. The van der Waals surface area contributed by atoms with Crippen LogP contribution in [-0.2, 0) is 9.59 Å². The van der Waals surface area contributed by atoms with Crippen LogP contribution in [0.5, 0.6) is 11.6 Å². The van der Waals surface area contributed by atoms with Crippen molar-refractivity contribution in [1.82, 2.24) is 9.88 Å². The van der Waals surface area contributed by atoms with E-state index in [9.17, 15) is 19.6 Å². The maximum Gasteiger partial charge on any atom is 0.262 e. The molecule has 0 saturated heterocycles. The summed E-state index contributed by atoms with van der Waals surface area (Å²) in [7, 11) is 1.49. The molecule has 1 aromatic carbocycles. The molecule has 1 heterocycles. The molecule has 1 atom stereocenters. The molecule has 2 aromatic rings. The molecular formula is C23H26N4O5S. The summed E-state index contributed by atoms with van der Waals surface area (Å²) >= 11 is 1.43. The van der Waals surface area contributed by atoms with Crippen molar-refractivity contribution < 1.29 is 23.9 Å². The summed E-state index contributed by atoms with van der Waals surface area (Å²) in [5.74, 6) is 0.0591. The molecular weight excluding hydrogens is 444 g/mol. The molecule has 33 heavy (non-hydrogen) atoms. The highest BCUT2D eigenvalue weighted by Crippen LogP contribution is 2.32. The average Bonchev–Trinajstić information content (AvgIpc) is 2.79. The largest absolute Gasteiger partial charge is 0.491 e. The van der Waals surface area contributed by atoms with Gasteiger partial charge in [-0.3, -0.25) is 19.3 Å². The predicted octanol–water partition coefficient (Wildman–Crippen LogP) is 3.33.